The molecule has 0 spiro atoms. The maximum atomic E-state index is 13.7. The van der Waals surface area contributed by atoms with Crippen LogP contribution in [0.2, 0.25) is 0 Å². The summed E-state index contributed by atoms with van der Waals surface area (Å²) in [6.45, 7) is 3.35. The van der Waals surface area contributed by atoms with Gasteiger partial charge in [-0.3, -0.25) is 9.59 Å². The Morgan fingerprint density at radius 2 is 2.00 bits per heavy atom. The van der Waals surface area contributed by atoms with E-state index in [1.54, 1.807) is 11.3 Å². The van der Waals surface area contributed by atoms with E-state index in [4.69, 9.17) is 4.74 Å². The number of ketones is 1. The number of nitrogens with zero attached hydrogens (tertiary/aromatic N) is 1. The molecule has 0 aliphatic carbocycles. The summed E-state index contributed by atoms with van der Waals surface area (Å²) in [4.78, 5) is 27.8. The summed E-state index contributed by atoms with van der Waals surface area (Å²) in [5, 5.41) is 2.02. The number of hydrogen-bond acceptors (Lipinski definition) is 4. The van der Waals surface area contributed by atoms with Crippen molar-refractivity contribution in [2.45, 2.75) is 32.6 Å². The van der Waals surface area contributed by atoms with Gasteiger partial charge in [-0.2, -0.15) is 0 Å². The van der Waals surface area contributed by atoms with Crippen LogP contribution in [0, 0.1) is 5.82 Å². The number of amides is 1. The van der Waals surface area contributed by atoms with Crippen molar-refractivity contribution in [1.29, 1.82) is 0 Å². The van der Waals surface area contributed by atoms with E-state index >= 15 is 0 Å². The Balaban J connectivity index is 1.89. The Morgan fingerprint density at radius 1 is 1.19 bits per heavy atom. The molecule has 0 fully saturated rings. The molecular weight excluding hydrogens is 353 g/mol. The van der Waals surface area contributed by atoms with Crippen LogP contribution in [0.15, 0.2) is 35.7 Å². The summed E-state index contributed by atoms with van der Waals surface area (Å²) in [7, 11) is 1.37. The number of Topliss-reactive ketones (excluding diaryl/α,β-unsaturated/α-hetero) is 1. The number of hydrogen-bond donors (Lipinski definition) is 0. The van der Waals surface area contributed by atoms with Gasteiger partial charge in [0.05, 0.1) is 7.11 Å². The van der Waals surface area contributed by atoms with Crippen LogP contribution in [0.25, 0.3) is 0 Å². The van der Waals surface area contributed by atoms with Gasteiger partial charge in [0, 0.05) is 36.4 Å². The van der Waals surface area contributed by atoms with Crippen molar-refractivity contribution in [2.24, 2.45) is 0 Å². The SMILES string of the molecule is CCCN(CCc1cccs1)C(=O)CCC(=O)c1ccc(OC)c(F)c1. The highest BCUT2D eigenvalue weighted by Gasteiger charge is 2.16. The van der Waals surface area contributed by atoms with Crippen LogP contribution in [0.4, 0.5) is 4.39 Å². The summed E-state index contributed by atoms with van der Waals surface area (Å²) >= 11 is 1.68. The van der Waals surface area contributed by atoms with Crippen molar-refractivity contribution in [3.63, 3.8) is 0 Å². The Morgan fingerprint density at radius 3 is 2.62 bits per heavy atom. The molecule has 2 rings (SSSR count). The molecule has 1 aromatic carbocycles. The van der Waals surface area contributed by atoms with E-state index in [0.717, 1.165) is 18.9 Å². The van der Waals surface area contributed by atoms with Crippen LogP contribution in [0.1, 0.15) is 41.4 Å². The van der Waals surface area contributed by atoms with Gasteiger partial charge in [-0.05, 0) is 42.5 Å². The second kappa shape index (κ2) is 10.1. The van der Waals surface area contributed by atoms with E-state index in [0.29, 0.717) is 13.1 Å². The molecule has 140 valence electrons. The lowest BCUT2D eigenvalue weighted by Crippen LogP contribution is -2.33. The molecule has 0 saturated heterocycles. The molecule has 0 bridgehead atoms. The summed E-state index contributed by atoms with van der Waals surface area (Å²) in [5.74, 6) is -0.756. The third kappa shape index (κ3) is 5.66. The zero-order chi connectivity index (χ0) is 18.9. The Labute approximate surface area is 157 Å². The van der Waals surface area contributed by atoms with Gasteiger partial charge in [-0.25, -0.2) is 4.39 Å². The Kier molecular flexibility index (Phi) is 7.78. The van der Waals surface area contributed by atoms with Crippen molar-refractivity contribution < 1.29 is 18.7 Å². The Hall–Kier alpha value is -2.21. The third-order valence-electron chi connectivity index (χ3n) is 4.09. The molecule has 0 atom stereocenters. The van der Waals surface area contributed by atoms with Crippen LogP contribution in [0.3, 0.4) is 0 Å². The number of thiophene rings is 1. The van der Waals surface area contributed by atoms with E-state index < -0.39 is 5.82 Å². The molecule has 0 N–H and O–H groups in total. The number of halogens is 1. The number of carbonyl (C=O) groups excluding carboxylic acids is 2. The number of rotatable bonds is 10. The lowest BCUT2D eigenvalue weighted by Gasteiger charge is -2.21. The standard InChI is InChI=1S/C20H24FNO3S/c1-3-11-22(12-10-16-5-4-13-26-16)20(24)9-7-18(23)15-6-8-19(25-2)17(21)14-15/h4-6,8,13-14H,3,7,9-12H2,1-2H3. The molecule has 0 aliphatic heterocycles. The first kappa shape index (κ1) is 20.1. The third-order valence-corrected chi connectivity index (χ3v) is 5.03. The smallest absolute Gasteiger partial charge is 0.223 e. The van der Waals surface area contributed by atoms with Gasteiger partial charge in [-0.15, -0.1) is 11.3 Å². The summed E-state index contributed by atoms with van der Waals surface area (Å²) in [6, 6.07) is 8.16. The molecule has 2 aromatic rings. The summed E-state index contributed by atoms with van der Waals surface area (Å²) in [5.41, 5.74) is 0.261. The molecule has 4 nitrogen and oxygen atoms in total. The molecule has 26 heavy (non-hydrogen) atoms. The van der Waals surface area contributed by atoms with Crippen molar-refractivity contribution >= 4 is 23.0 Å². The fourth-order valence-corrected chi connectivity index (χ4v) is 3.39. The van der Waals surface area contributed by atoms with Gasteiger partial charge < -0.3 is 9.64 Å². The molecule has 1 amide bonds. The fourth-order valence-electron chi connectivity index (χ4n) is 2.69. The molecule has 0 saturated carbocycles. The first-order chi connectivity index (χ1) is 12.5. The maximum Gasteiger partial charge on any atom is 0.223 e. The quantitative estimate of drug-likeness (QED) is 0.579. The second-order valence-electron chi connectivity index (χ2n) is 5.98. The average molecular weight is 377 g/mol. The largest absolute Gasteiger partial charge is 0.494 e. The van der Waals surface area contributed by atoms with Gasteiger partial charge in [-0.1, -0.05) is 13.0 Å². The fraction of sp³-hybridized carbons (Fsp3) is 0.400. The highest BCUT2D eigenvalue weighted by atomic mass is 32.1. The van der Waals surface area contributed by atoms with Crippen LogP contribution >= 0.6 is 11.3 Å². The van der Waals surface area contributed by atoms with Crippen molar-refractivity contribution in [3.8, 4) is 5.75 Å². The minimum atomic E-state index is -0.576. The lowest BCUT2D eigenvalue weighted by atomic mass is 10.1. The number of ether oxygens (including phenoxy) is 1. The van der Waals surface area contributed by atoms with E-state index in [-0.39, 0.29) is 35.8 Å². The molecule has 0 unspecified atom stereocenters. The van der Waals surface area contributed by atoms with E-state index in [9.17, 15) is 14.0 Å². The number of carbonyl (C=O) groups is 2. The molecular formula is C20H24FNO3S. The number of methoxy groups -OCH3 is 1. The highest BCUT2D eigenvalue weighted by molar-refractivity contribution is 7.09. The normalized spacial score (nSPS) is 10.6. The first-order valence-electron chi connectivity index (χ1n) is 8.72. The van der Waals surface area contributed by atoms with Gasteiger partial charge in [0.25, 0.3) is 0 Å². The molecule has 0 aliphatic rings. The predicted molar refractivity (Wildman–Crippen MR) is 101 cm³/mol. The minimum absolute atomic E-state index is 0.0364. The summed E-state index contributed by atoms with van der Waals surface area (Å²) < 4.78 is 18.6. The lowest BCUT2D eigenvalue weighted by molar-refractivity contribution is -0.131. The van der Waals surface area contributed by atoms with Gasteiger partial charge >= 0.3 is 0 Å². The molecule has 1 aromatic heterocycles. The van der Waals surface area contributed by atoms with E-state index in [1.807, 2.05) is 23.3 Å². The topological polar surface area (TPSA) is 46.6 Å². The minimum Gasteiger partial charge on any atom is -0.494 e. The zero-order valence-corrected chi connectivity index (χ0v) is 16.0. The van der Waals surface area contributed by atoms with Crippen LogP contribution < -0.4 is 4.74 Å². The predicted octanol–water partition coefficient (Wildman–Crippen LogP) is 4.34. The van der Waals surface area contributed by atoms with Gasteiger partial charge in [0.1, 0.15) is 0 Å². The van der Waals surface area contributed by atoms with Crippen LogP contribution in [0.5, 0.6) is 5.75 Å². The average Bonchev–Trinajstić information content (AvgIpc) is 3.16. The molecule has 1 heterocycles. The highest BCUT2D eigenvalue weighted by Crippen LogP contribution is 2.19. The molecule has 6 heteroatoms. The van der Waals surface area contributed by atoms with Gasteiger partial charge in [0.15, 0.2) is 17.3 Å². The van der Waals surface area contributed by atoms with Gasteiger partial charge in [0.2, 0.25) is 5.91 Å². The number of benzene rings is 1. The Bertz CT molecular complexity index is 731. The zero-order valence-electron chi connectivity index (χ0n) is 15.2. The van der Waals surface area contributed by atoms with Crippen molar-refractivity contribution in [1.82, 2.24) is 4.90 Å². The van der Waals surface area contributed by atoms with Crippen LogP contribution in [-0.4, -0.2) is 36.8 Å². The molecule has 0 radical (unpaired) electrons. The monoisotopic (exact) mass is 377 g/mol. The van der Waals surface area contributed by atoms with E-state index in [1.165, 1.54) is 24.1 Å². The first-order valence-corrected chi connectivity index (χ1v) is 9.60. The second-order valence-corrected chi connectivity index (χ2v) is 7.01. The maximum absolute atomic E-state index is 13.7. The van der Waals surface area contributed by atoms with Crippen molar-refractivity contribution in [2.75, 3.05) is 20.2 Å². The van der Waals surface area contributed by atoms with E-state index in [2.05, 4.69) is 6.07 Å². The summed E-state index contributed by atoms with van der Waals surface area (Å²) in [6.07, 6.45) is 1.90. The van der Waals surface area contributed by atoms with Crippen LogP contribution in [-0.2, 0) is 11.2 Å². The van der Waals surface area contributed by atoms with Crippen molar-refractivity contribution in [3.05, 3.63) is 52.0 Å².